The number of carboxylic acid groups (broad SMARTS) is 1. The van der Waals surface area contributed by atoms with E-state index in [2.05, 4.69) is 28.6 Å². The molecular formula is C35H48FN5O5. The summed E-state index contributed by atoms with van der Waals surface area (Å²) < 4.78 is 25.5. The maximum absolute atomic E-state index is 14.6. The number of pyridine rings is 1. The van der Waals surface area contributed by atoms with E-state index in [0.717, 1.165) is 49.8 Å². The van der Waals surface area contributed by atoms with E-state index < -0.39 is 6.09 Å². The number of carbonyl (C=O) groups excluding carboxylic acids is 1. The van der Waals surface area contributed by atoms with Crippen LogP contribution in [0.15, 0.2) is 36.5 Å². The molecule has 10 nitrogen and oxygen atoms in total. The Kier molecular flexibility index (Phi) is 10.4. The number of morpholine rings is 1. The number of anilines is 1. The third kappa shape index (κ3) is 7.47. The highest BCUT2D eigenvalue weighted by Crippen LogP contribution is 2.39. The van der Waals surface area contributed by atoms with Crippen LogP contribution in [-0.2, 0) is 16.0 Å². The second-order valence-corrected chi connectivity index (χ2v) is 13.6. The summed E-state index contributed by atoms with van der Waals surface area (Å²) >= 11 is 0. The quantitative estimate of drug-likeness (QED) is 0.447. The van der Waals surface area contributed by atoms with Crippen LogP contribution in [0.3, 0.4) is 0 Å². The van der Waals surface area contributed by atoms with Crippen LogP contribution in [0.1, 0.15) is 63.5 Å². The predicted molar refractivity (Wildman–Crippen MR) is 173 cm³/mol. The zero-order valence-corrected chi connectivity index (χ0v) is 27.2. The Morgan fingerprint density at radius 3 is 2.46 bits per heavy atom. The summed E-state index contributed by atoms with van der Waals surface area (Å²) in [4.78, 5) is 39.3. The molecule has 6 rings (SSSR count). The lowest BCUT2D eigenvalue weighted by Gasteiger charge is -2.45. The lowest BCUT2D eigenvalue weighted by Crippen LogP contribution is -2.60. The van der Waals surface area contributed by atoms with E-state index in [1.807, 2.05) is 11.0 Å². The molecule has 1 aromatic carbocycles. The second kappa shape index (κ2) is 14.6. The van der Waals surface area contributed by atoms with Gasteiger partial charge in [-0.25, -0.2) is 14.2 Å². The molecule has 1 saturated carbocycles. The molecular weight excluding hydrogens is 589 g/mol. The molecule has 0 radical (unpaired) electrons. The predicted octanol–water partition coefficient (Wildman–Crippen LogP) is 4.65. The SMILES string of the molecule is C[C@@H]1COC[C@@H](C)N1CC[C@H]1CN(C(=O)O)CCN1CC(=O)N1c2cc(Cc3ccc(F)cc3)cnc2OC[C@@H]1C1CCCCC1. The fraction of sp³-hybridized carbons (Fsp3) is 0.629. The summed E-state index contributed by atoms with van der Waals surface area (Å²) in [7, 11) is 0. The monoisotopic (exact) mass is 637 g/mol. The van der Waals surface area contributed by atoms with Crippen molar-refractivity contribution in [3.05, 3.63) is 53.5 Å². The van der Waals surface area contributed by atoms with Gasteiger partial charge in [0.1, 0.15) is 18.1 Å². The zero-order valence-electron chi connectivity index (χ0n) is 27.2. The number of halogens is 1. The number of aromatic nitrogens is 1. The normalized spacial score (nSPS) is 26.4. The van der Waals surface area contributed by atoms with E-state index in [9.17, 15) is 19.1 Å². The summed E-state index contributed by atoms with van der Waals surface area (Å²) in [5.41, 5.74) is 2.59. The van der Waals surface area contributed by atoms with Gasteiger partial charge in [0.15, 0.2) is 0 Å². The molecule has 2 saturated heterocycles. The standard InChI is InChI=1S/C35H48FN5O5/c1-24-21-45-22-25(2)40(24)13-12-30-19-39(35(43)44)15-14-38(30)20-33(42)41-31-17-27(16-26-8-10-29(36)11-9-26)18-37-34(31)46-23-32(41)28-6-4-3-5-7-28/h8-11,17-18,24-25,28,30,32H,3-7,12-16,19-23H2,1-2H3,(H,43,44)/t24-,25-,30+,32-/m1/s1. The van der Waals surface area contributed by atoms with Crippen LogP contribution in [0.5, 0.6) is 5.88 Å². The van der Waals surface area contributed by atoms with Gasteiger partial charge >= 0.3 is 6.09 Å². The Labute approximate surface area is 271 Å². The van der Waals surface area contributed by atoms with Gasteiger partial charge in [0.2, 0.25) is 11.8 Å². The molecule has 3 aliphatic heterocycles. The van der Waals surface area contributed by atoms with E-state index in [1.54, 1.807) is 18.3 Å². The first-order valence-electron chi connectivity index (χ1n) is 17.0. The average molecular weight is 638 g/mol. The fourth-order valence-corrected chi connectivity index (χ4v) is 7.88. The molecule has 3 fully saturated rings. The van der Waals surface area contributed by atoms with Crippen molar-refractivity contribution in [2.45, 2.75) is 83.0 Å². The van der Waals surface area contributed by atoms with Crippen molar-refractivity contribution in [1.29, 1.82) is 0 Å². The van der Waals surface area contributed by atoms with Gasteiger partial charge in [-0.05, 0) is 74.8 Å². The van der Waals surface area contributed by atoms with Gasteiger partial charge in [-0.2, -0.15) is 0 Å². The van der Waals surface area contributed by atoms with Crippen LogP contribution >= 0.6 is 0 Å². The number of hydrogen-bond acceptors (Lipinski definition) is 7. The van der Waals surface area contributed by atoms with Crippen molar-refractivity contribution in [1.82, 2.24) is 19.7 Å². The minimum Gasteiger partial charge on any atom is -0.474 e. The topological polar surface area (TPSA) is 98.7 Å². The van der Waals surface area contributed by atoms with Crippen molar-refractivity contribution in [2.75, 3.05) is 57.4 Å². The molecule has 2 aromatic rings. The highest BCUT2D eigenvalue weighted by Gasteiger charge is 2.40. The maximum Gasteiger partial charge on any atom is 0.407 e. The van der Waals surface area contributed by atoms with Gasteiger partial charge in [-0.15, -0.1) is 0 Å². The van der Waals surface area contributed by atoms with E-state index in [0.29, 0.717) is 63.4 Å². The molecule has 1 aliphatic carbocycles. The minimum absolute atomic E-state index is 0.00254. The van der Waals surface area contributed by atoms with Gasteiger partial charge in [-0.1, -0.05) is 31.4 Å². The molecule has 4 heterocycles. The number of hydrogen-bond donors (Lipinski definition) is 1. The molecule has 1 N–H and O–H groups in total. The molecule has 0 bridgehead atoms. The summed E-state index contributed by atoms with van der Waals surface area (Å²) in [5.74, 6) is 0.536. The average Bonchev–Trinajstić information content (AvgIpc) is 3.06. The molecule has 0 unspecified atom stereocenters. The van der Waals surface area contributed by atoms with Crippen LogP contribution in [0.2, 0.25) is 0 Å². The molecule has 46 heavy (non-hydrogen) atoms. The lowest BCUT2D eigenvalue weighted by molar-refractivity contribution is -0.122. The number of amides is 2. The third-order valence-corrected chi connectivity index (χ3v) is 10.4. The van der Waals surface area contributed by atoms with Crippen LogP contribution in [0.4, 0.5) is 14.9 Å². The largest absolute Gasteiger partial charge is 0.474 e. The molecule has 2 amide bonds. The molecule has 0 spiro atoms. The van der Waals surface area contributed by atoms with Gasteiger partial charge in [0, 0.05) is 50.5 Å². The first-order chi connectivity index (χ1) is 22.3. The highest BCUT2D eigenvalue weighted by atomic mass is 19.1. The molecule has 250 valence electrons. The Morgan fingerprint density at radius 2 is 1.74 bits per heavy atom. The van der Waals surface area contributed by atoms with Crippen LogP contribution in [-0.4, -0.2) is 114 Å². The Bertz CT molecular complexity index is 1350. The molecule has 1 aromatic heterocycles. The Morgan fingerprint density at radius 1 is 1.00 bits per heavy atom. The summed E-state index contributed by atoms with van der Waals surface area (Å²) in [5, 5.41) is 9.83. The Hall–Kier alpha value is -3.28. The van der Waals surface area contributed by atoms with Crippen LogP contribution in [0, 0.1) is 11.7 Å². The van der Waals surface area contributed by atoms with Gasteiger partial charge in [-0.3, -0.25) is 19.5 Å². The first kappa shape index (κ1) is 32.7. The third-order valence-electron chi connectivity index (χ3n) is 10.4. The number of nitrogens with zero attached hydrogens (tertiary/aromatic N) is 5. The van der Waals surface area contributed by atoms with E-state index in [4.69, 9.17) is 9.47 Å². The fourth-order valence-electron chi connectivity index (χ4n) is 7.88. The van der Waals surface area contributed by atoms with Gasteiger partial charge < -0.3 is 19.5 Å². The van der Waals surface area contributed by atoms with E-state index in [1.165, 1.54) is 23.5 Å². The number of rotatable bonds is 8. The summed E-state index contributed by atoms with van der Waals surface area (Å²) in [6.07, 6.45) is 7.83. The van der Waals surface area contributed by atoms with Gasteiger partial charge in [0.05, 0.1) is 25.8 Å². The van der Waals surface area contributed by atoms with Crippen molar-refractivity contribution in [3.8, 4) is 5.88 Å². The number of benzene rings is 1. The number of piperazine rings is 1. The number of ether oxygens (including phenoxy) is 2. The van der Waals surface area contributed by atoms with E-state index >= 15 is 0 Å². The van der Waals surface area contributed by atoms with Crippen molar-refractivity contribution in [2.24, 2.45) is 5.92 Å². The van der Waals surface area contributed by atoms with Crippen LogP contribution in [0.25, 0.3) is 0 Å². The van der Waals surface area contributed by atoms with Crippen molar-refractivity contribution < 1.29 is 28.6 Å². The minimum atomic E-state index is -0.914. The summed E-state index contributed by atoms with van der Waals surface area (Å²) in [6, 6.07) is 8.89. The van der Waals surface area contributed by atoms with Crippen molar-refractivity contribution in [3.63, 3.8) is 0 Å². The smallest absolute Gasteiger partial charge is 0.407 e. The maximum atomic E-state index is 14.6. The van der Waals surface area contributed by atoms with Crippen LogP contribution < -0.4 is 9.64 Å². The van der Waals surface area contributed by atoms with Crippen molar-refractivity contribution >= 4 is 17.7 Å². The second-order valence-electron chi connectivity index (χ2n) is 13.6. The molecule has 4 atom stereocenters. The summed E-state index contributed by atoms with van der Waals surface area (Å²) in [6.45, 7) is 8.41. The highest BCUT2D eigenvalue weighted by molar-refractivity contribution is 5.97. The molecule has 11 heteroatoms. The zero-order chi connectivity index (χ0) is 32.2. The Balaban J connectivity index is 1.24. The number of carbonyl (C=O) groups is 2. The lowest BCUT2D eigenvalue weighted by atomic mass is 9.83. The van der Waals surface area contributed by atoms with Gasteiger partial charge in [0.25, 0.3) is 0 Å². The molecule has 4 aliphatic rings. The van der Waals surface area contributed by atoms with E-state index in [-0.39, 0.29) is 42.4 Å². The first-order valence-corrected chi connectivity index (χ1v) is 17.0. The number of fused-ring (bicyclic) bond motifs is 1.